The second kappa shape index (κ2) is 9.81. The maximum Gasteiger partial charge on any atom is 0.220 e. The van der Waals surface area contributed by atoms with Crippen molar-refractivity contribution in [2.75, 3.05) is 13.1 Å². The molecule has 1 aliphatic heterocycles. The first-order valence-electron chi connectivity index (χ1n) is 8.00. The molecule has 3 rings (SSSR count). The van der Waals surface area contributed by atoms with E-state index < -0.39 is 0 Å². The summed E-state index contributed by atoms with van der Waals surface area (Å²) in [7, 11) is 0. The Labute approximate surface area is 154 Å². The molecule has 2 unspecified atom stereocenters. The quantitative estimate of drug-likeness (QED) is 0.842. The standard InChI is InChI=1S/C16H23N5O.2ClH/c1-12(13-5-4-7-17-10-13)9-16(22)18-11-15-20-19-14-6-2-3-8-21(14)15;;/h2-3,6,8,12-13,17H,4-5,7,9-11H2,1H3,(H,18,22);2*1H. The van der Waals surface area contributed by atoms with Crippen molar-refractivity contribution in [3.63, 3.8) is 0 Å². The molecular weight excluding hydrogens is 349 g/mol. The monoisotopic (exact) mass is 373 g/mol. The Morgan fingerprint density at radius 3 is 3.00 bits per heavy atom. The normalized spacial score (nSPS) is 18.3. The van der Waals surface area contributed by atoms with E-state index in [9.17, 15) is 4.79 Å². The molecule has 0 radical (unpaired) electrons. The number of pyridine rings is 1. The topological polar surface area (TPSA) is 71.3 Å². The van der Waals surface area contributed by atoms with Gasteiger partial charge in [0.05, 0.1) is 6.54 Å². The van der Waals surface area contributed by atoms with Crippen molar-refractivity contribution >= 4 is 36.4 Å². The van der Waals surface area contributed by atoms with Crippen LogP contribution >= 0.6 is 24.8 Å². The van der Waals surface area contributed by atoms with Crippen LogP contribution in [0.15, 0.2) is 24.4 Å². The van der Waals surface area contributed by atoms with E-state index in [1.807, 2.05) is 28.8 Å². The number of nitrogens with one attached hydrogen (secondary N) is 2. The molecule has 134 valence electrons. The molecule has 0 spiro atoms. The Morgan fingerprint density at radius 2 is 2.25 bits per heavy atom. The summed E-state index contributed by atoms with van der Waals surface area (Å²) in [6.07, 6.45) is 4.91. The Kier molecular flexibility index (Phi) is 8.45. The van der Waals surface area contributed by atoms with Gasteiger partial charge in [-0.2, -0.15) is 0 Å². The Hall–Kier alpha value is -1.37. The molecule has 2 aromatic rings. The zero-order valence-electron chi connectivity index (χ0n) is 13.8. The van der Waals surface area contributed by atoms with Gasteiger partial charge in [0.1, 0.15) is 0 Å². The summed E-state index contributed by atoms with van der Waals surface area (Å²) in [6.45, 7) is 4.72. The number of amides is 1. The van der Waals surface area contributed by atoms with Gasteiger partial charge in [-0.3, -0.25) is 9.20 Å². The summed E-state index contributed by atoms with van der Waals surface area (Å²) in [6, 6.07) is 5.75. The third-order valence-corrected chi connectivity index (χ3v) is 4.48. The smallest absolute Gasteiger partial charge is 0.220 e. The van der Waals surface area contributed by atoms with Crippen LogP contribution < -0.4 is 10.6 Å². The minimum Gasteiger partial charge on any atom is -0.349 e. The molecule has 2 atom stereocenters. The lowest BCUT2D eigenvalue weighted by atomic mass is 9.85. The van der Waals surface area contributed by atoms with E-state index in [0.29, 0.717) is 24.8 Å². The number of halogens is 2. The van der Waals surface area contributed by atoms with Crippen molar-refractivity contribution in [1.29, 1.82) is 0 Å². The van der Waals surface area contributed by atoms with Crippen LogP contribution in [0.4, 0.5) is 0 Å². The maximum atomic E-state index is 12.1. The number of rotatable bonds is 5. The molecule has 8 heteroatoms. The van der Waals surface area contributed by atoms with Gasteiger partial charge in [0, 0.05) is 12.6 Å². The van der Waals surface area contributed by atoms with E-state index in [2.05, 4.69) is 27.8 Å². The van der Waals surface area contributed by atoms with E-state index in [0.717, 1.165) is 24.6 Å². The molecule has 0 saturated carbocycles. The average molecular weight is 374 g/mol. The second-order valence-corrected chi connectivity index (χ2v) is 6.11. The summed E-state index contributed by atoms with van der Waals surface area (Å²) >= 11 is 0. The Morgan fingerprint density at radius 1 is 1.42 bits per heavy atom. The predicted octanol–water partition coefficient (Wildman–Crippen LogP) is 2.21. The molecule has 3 heterocycles. The van der Waals surface area contributed by atoms with Crippen LogP contribution in [0.5, 0.6) is 0 Å². The van der Waals surface area contributed by atoms with Gasteiger partial charge in [-0.05, 0) is 49.9 Å². The van der Waals surface area contributed by atoms with Crippen LogP contribution in [0.2, 0.25) is 0 Å². The minimum absolute atomic E-state index is 0. The largest absolute Gasteiger partial charge is 0.349 e. The van der Waals surface area contributed by atoms with Crippen LogP contribution in [-0.2, 0) is 11.3 Å². The van der Waals surface area contributed by atoms with Crippen LogP contribution in [0.25, 0.3) is 5.65 Å². The van der Waals surface area contributed by atoms with Gasteiger partial charge in [0.2, 0.25) is 5.91 Å². The molecule has 0 aromatic carbocycles. The molecule has 1 saturated heterocycles. The van der Waals surface area contributed by atoms with E-state index in [4.69, 9.17) is 0 Å². The molecule has 2 N–H and O–H groups in total. The first-order chi connectivity index (χ1) is 10.7. The number of carbonyl (C=O) groups is 1. The van der Waals surface area contributed by atoms with Gasteiger partial charge in [-0.1, -0.05) is 13.0 Å². The van der Waals surface area contributed by atoms with Crippen LogP contribution in [0.1, 0.15) is 32.0 Å². The number of nitrogens with zero attached hydrogens (tertiary/aromatic N) is 3. The highest BCUT2D eigenvalue weighted by Crippen LogP contribution is 2.22. The van der Waals surface area contributed by atoms with E-state index in [-0.39, 0.29) is 30.7 Å². The molecule has 1 amide bonds. The fourth-order valence-electron chi connectivity index (χ4n) is 3.08. The SMILES string of the molecule is CC(CC(=O)NCc1nnc2ccccn12)C1CCCNC1.Cl.Cl. The van der Waals surface area contributed by atoms with Crippen LogP contribution in [0, 0.1) is 11.8 Å². The molecule has 6 nitrogen and oxygen atoms in total. The van der Waals surface area contributed by atoms with Gasteiger partial charge in [-0.15, -0.1) is 35.0 Å². The first kappa shape index (κ1) is 20.7. The van der Waals surface area contributed by atoms with Crippen molar-refractivity contribution in [2.45, 2.75) is 32.7 Å². The number of fused-ring (bicyclic) bond motifs is 1. The lowest BCUT2D eigenvalue weighted by Crippen LogP contribution is -2.35. The average Bonchev–Trinajstić information content (AvgIpc) is 2.97. The number of hydrogen-bond donors (Lipinski definition) is 2. The van der Waals surface area contributed by atoms with Crippen LogP contribution in [-0.4, -0.2) is 33.6 Å². The predicted molar refractivity (Wildman–Crippen MR) is 98.7 cm³/mol. The summed E-state index contributed by atoms with van der Waals surface area (Å²) in [5, 5.41) is 14.6. The fourth-order valence-corrected chi connectivity index (χ4v) is 3.08. The first-order valence-corrected chi connectivity index (χ1v) is 8.00. The van der Waals surface area contributed by atoms with Crippen molar-refractivity contribution in [2.24, 2.45) is 11.8 Å². The van der Waals surface area contributed by atoms with E-state index >= 15 is 0 Å². The molecule has 2 aromatic heterocycles. The third kappa shape index (κ3) is 5.06. The highest BCUT2D eigenvalue weighted by atomic mass is 35.5. The Balaban J connectivity index is 0.00000144. The number of piperidine rings is 1. The highest BCUT2D eigenvalue weighted by molar-refractivity contribution is 5.85. The molecular formula is C16H25Cl2N5O. The summed E-state index contributed by atoms with van der Waals surface area (Å²) in [5.41, 5.74) is 0.799. The zero-order valence-corrected chi connectivity index (χ0v) is 15.4. The summed E-state index contributed by atoms with van der Waals surface area (Å²) < 4.78 is 1.90. The van der Waals surface area contributed by atoms with Crippen molar-refractivity contribution in [3.8, 4) is 0 Å². The molecule has 0 aliphatic carbocycles. The summed E-state index contributed by atoms with van der Waals surface area (Å²) in [4.78, 5) is 12.1. The number of hydrogen-bond acceptors (Lipinski definition) is 4. The molecule has 24 heavy (non-hydrogen) atoms. The third-order valence-electron chi connectivity index (χ3n) is 4.48. The van der Waals surface area contributed by atoms with E-state index in [1.54, 1.807) is 0 Å². The van der Waals surface area contributed by atoms with Crippen molar-refractivity contribution < 1.29 is 4.79 Å². The Bertz CT molecular complexity index is 642. The van der Waals surface area contributed by atoms with Gasteiger partial charge in [-0.25, -0.2) is 0 Å². The van der Waals surface area contributed by atoms with Gasteiger partial charge >= 0.3 is 0 Å². The second-order valence-electron chi connectivity index (χ2n) is 6.11. The van der Waals surface area contributed by atoms with Crippen molar-refractivity contribution in [3.05, 3.63) is 30.2 Å². The van der Waals surface area contributed by atoms with Gasteiger partial charge < -0.3 is 10.6 Å². The highest BCUT2D eigenvalue weighted by Gasteiger charge is 2.22. The van der Waals surface area contributed by atoms with Crippen LogP contribution in [0.3, 0.4) is 0 Å². The lowest BCUT2D eigenvalue weighted by Gasteiger charge is -2.27. The molecule has 0 bridgehead atoms. The fraction of sp³-hybridized carbons (Fsp3) is 0.562. The zero-order chi connectivity index (χ0) is 15.4. The summed E-state index contributed by atoms with van der Waals surface area (Å²) in [5.74, 6) is 1.86. The molecule has 1 fully saturated rings. The van der Waals surface area contributed by atoms with E-state index in [1.165, 1.54) is 12.8 Å². The molecule has 1 aliphatic rings. The van der Waals surface area contributed by atoms with Crippen molar-refractivity contribution in [1.82, 2.24) is 25.2 Å². The maximum absolute atomic E-state index is 12.1. The van der Waals surface area contributed by atoms with Gasteiger partial charge in [0.25, 0.3) is 0 Å². The number of carbonyl (C=O) groups excluding carboxylic acids is 1. The number of aromatic nitrogens is 3. The lowest BCUT2D eigenvalue weighted by molar-refractivity contribution is -0.122. The minimum atomic E-state index is 0. The van der Waals surface area contributed by atoms with Gasteiger partial charge in [0.15, 0.2) is 11.5 Å².